The average molecular weight is 358 g/mol. The predicted octanol–water partition coefficient (Wildman–Crippen LogP) is 2.30. The van der Waals surface area contributed by atoms with Crippen LogP contribution in [0.5, 0.6) is 0 Å². The van der Waals surface area contributed by atoms with Crippen molar-refractivity contribution in [3.63, 3.8) is 0 Å². The summed E-state index contributed by atoms with van der Waals surface area (Å²) in [6.07, 6.45) is 1.56. The van der Waals surface area contributed by atoms with E-state index in [9.17, 15) is 5.11 Å². The third-order valence-electron chi connectivity index (χ3n) is 3.91. The number of aliphatic hydroxyl groups is 1. The van der Waals surface area contributed by atoms with E-state index in [0.717, 1.165) is 18.7 Å². The zero-order chi connectivity index (χ0) is 19.0. The van der Waals surface area contributed by atoms with Crippen LogP contribution in [-0.2, 0) is 18.7 Å². The van der Waals surface area contributed by atoms with Gasteiger partial charge in [-0.2, -0.15) is 0 Å². The number of benzene rings is 1. The van der Waals surface area contributed by atoms with Crippen molar-refractivity contribution in [2.75, 3.05) is 27.2 Å². The highest BCUT2D eigenvalue weighted by Crippen LogP contribution is 2.19. The first kappa shape index (κ1) is 20.0. The maximum absolute atomic E-state index is 10.6. The number of hydrogen-bond donors (Lipinski definition) is 3. The molecule has 26 heavy (non-hydrogen) atoms. The number of rotatable bonds is 8. The van der Waals surface area contributed by atoms with Gasteiger partial charge >= 0.3 is 0 Å². The van der Waals surface area contributed by atoms with E-state index in [-0.39, 0.29) is 0 Å². The molecule has 1 aromatic heterocycles. The first-order valence-electron chi connectivity index (χ1n) is 8.92. The maximum atomic E-state index is 10.6. The van der Waals surface area contributed by atoms with Gasteiger partial charge < -0.3 is 25.1 Å². The molecule has 0 bridgehead atoms. The van der Waals surface area contributed by atoms with Crippen LogP contribution in [0.1, 0.15) is 30.7 Å². The molecule has 0 amide bonds. The number of furan rings is 1. The van der Waals surface area contributed by atoms with E-state index >= 15 is 0 Å². The van der Waals surface area contributed by atoms with Crippen LogP contribution in [0, 0.1) is 0 Å². The molecule has 1 atom stereocenters. The molecule has 1 heterocycles. The summed E-state index contributed by atoms with van der Waals surface area (Å²) in [7, 11) is 4.12. The molecule has 142 valence electrons. The van der Waals surface area contributed by atoms with Gasteiger partial charge in [-0.1, -0.05) is 24.3 Å². The minimum atomic E-state index is -1.11. The van der Waals surface area contributed by atoms with E-state index < -0.39 is 5.60 Å². The van der Waals surface area contributed by atoms with E-state index in [0.29, 0.717) is 24.8 Å². The summed E-state index contributed by atoms with van der Waals surface area (Å²) in [4.78, 5) is 6.77. The number of guanidine groups is 1. The van der Waals surface area contributed by atoms with Crippen molar-refractivity contribution in [2.45, 2.75) is 32.5 Å². The molecule has 0 spiro atoms. The Hall–Kier alpha value is -2.31. The molecule has 1 unspecified atom stereocenters. The van der Waals surface area contributed by atoms with E-state index in [4.69, 9.17) is 4.42 Å². The largest absolute Gasteiger partial charge is 0.466 e. The highest BCUT2D eigenvalue weighted by Gasteiger charge is 2.26. The van der Waals surface area contributed by atoms with Gasteiger partial charge in [0.1, 0.15) is 11.4 Å². The Bertz CT molecular complexity index is 694. The topological polar surface area (TPSA) is 73.0 Å². The van der Waals surface area contributed by atoms with Crippen LogP contribution in [0.4, 0.5) is 0 Å². The van der Waals surface area contributed by atoms with Crippen LogP contribution in [-0.4, -0.2) is 43.2 Å². The smallest absolute Gasteiger partial charge is 0.191 e. The lowest BCUT2D eigenvalue weighted by Crippen LogP contribution is -2.44. The summed E-state index contributed by atoms with van der Waals surface area (Å²) in [5.74, 6) is 1.19. The summed E-state index contributed by atoms with van der Waals surface area (Å²) in [6, 6.07) is 12.0. The summed E-state index contributed by atoms with van der Waals surface area (Å²) < 4.78 is 5.31. The Balaban J connectivity index is 2.00. The molecule has 0 aliphatic rings. The van der Waals surface area contributed by atoms with Crippen LogP contribution in [0.3, 0.4) is 0 Å². The fourth-order valence-corrected chi connectivity index (χ4v) is 2.63. The standard InChI is InChI=1S/C20H30N4O2/c1-5-21-19(23-15-20(2,25)18-10-7-11-26-18)22-13-16-8-6-9-17(12-16)14-24(3)4/h6-12,25H,5,13-15H2,1-4H3,(H2,21,22,23). The second kappa shape index (κ2) is 9.40. The van der Waals surface area contributed by atoms with E-state index in [1.54, 1.807) is 25.3 Å². The van der Waals surface area contributed by atoms with Crippen molar-refractivity contribution in [2.24, 2.45) is 4.99 Å². The molecule has 1 aromatic carbocycles. The van der Waals surface area contributed by atoms with Gasteiger partial charge in [-0.3, -0.25) is 0 Å². The van der Waals surface area contributed by atoms with Gasteiger partial charge in [-0.15, -0.1) is 0 Å². The molecule has 6 heteroatoms. The third-order valence-corrected chi connectivity index (χ3v) is 3.91. The first-order chi connectivity index (χ1) is 12.4. The highest BCUT2D eigenvalue weighted by atomic mass is 16.4. The molecule has 2 rings (SSSR count). The molecule has 0 radical (unpaired) electrons. The molecule has 0 fully saturated rings. The lowest BCUT2D eigenvalue weighted by Gasteiger charge is -2.22. The Morgan fingerprint density at radius 2 is 1.96 bits per heavy atom. The molecule has 0 saturated carbocycles. The summed E-state index contributed by atoms with van der Waals surface area (Å²) >= 11 is 0. The minimum Gasteiger partial charge on any atom is -0.466 e. The van der Waals surface area contributed by atoms with Crippen LogP contribution >= 0.6 is 0 Å². The Morgan fingerprint density at radius 3 is 2.62 bits per heavy atom. The van der Waals surface area contributed by atoms with Gasteiger partial charge in [0.25, 0.3) is 0 Å². The Morgan fingerprint density at radius 1 is 1.19 bits per heavy atom. The average Bonchev–Trinajstić information content (AvgIpc) is 3.13. The van der Waals surface area contributed by atoms with E-state index in [1.165, 1.54) is 5.56 Å². The molecular weight excluding hydrogens is 328 g/mol. The number of hydrogen-bond acceptors (Lipinski definition) is 4. The van der Waals surface area contributed by atoms with E-state index in [2.05, 4.69) is 58.9 Å². The number of nitrogens with one attached hydrogen (secondary N) is 2. The second-order valence-electron chi connectivity index (χ2n) is 6.86. The van der Waals surface area contributed by atoms with Crippen LogP contribution < -0.4 is 10.6 Å². The normalized spacial score (nSPS) is 14.3. The van der Waals surface area contributed by atoms with Crippen molar-refractivity contribution >= 4 is 5.96 Å². The summed E-state index contributed by atoms with van der Waals surface area (Å²) in [6.45, 7) is 6.25. The lowest BCUT2D eigenvalue weighted by atomic mass is 10.0. The number of aliphatic imine (C=N–C) groups is 1. The number of nitrogens with zero attached hydrogens (tertiary/aromatic N) is 2. The molecule has 2 aromatic rings. The quantitative estimate of drug-likeness (QED) is 0.499. The summed E-state index contributed by atoms with van der Waals surface area (Å²) in [5, 5.41) is 16.9. The van der Waals surface area contributed by atoms with Crippen molar-refractivity contribution in [1.82, 2.24) is 15.5 Å². The van der Waals surface area contributed by atoms with Gasteiger partial charge in [0.05, 0.1) is 19.4 Å². The van der Waals surface area contributed by atoms with Gasteiger partial charge in [0, 0.05) is 13.1 Å². The zero-order valence-corrected chi connectivity index (χ0v) is 16.1. The third kappa shape index (κ3) is 6.20. The van der Waals surface area contributed by atoms with Gasteiger partial charge in [0.15, 0.2) is 5.96 Å². The Kier molecular flexibility index (Phi) is 7.24. The van der Waals surface area contributed by atoms with Crippen LogP contribution in [0.25, 0.3) is 0 Å². The zero-order valence-electron chi connectivity index (χ0n) is 16.1. The Labute approximate surface area is 155 Å². The van der Waals surface area contributed by atoms with Crippen LogP contribution in [0.2, 0.25) is 0 Å². The fourth-order valence-electron chi connectivity index (χ4n) is 2.63. The maximum Gasteiger partial charge on any atom is 0.191 e. The van der Waals surface area contributed by atoms with Crippen LogP contribution in [0.15, 0.2) is 52.1 Å². The molecular formula is C20H30N4O2. The first-order valence-corrected chi connectivity index (χ1v) is 8.92. The van der Waals surface area contributed by atoms with Crippen molar-refractivity contribution in [3.05, 3.63) is 59.5 Å². The van der Waals surface area contributed by atoms with Crippen molar-refractivity contribution in [1.29, 1.82) is 0 Å². The fraction of sp³-hybridized carbons (Fsp3) is 0.450. The van der Waals surface area contributed by atoms with Crippen molar-refractivity contribution < 1.29 is 9.52 Å². The van der Waals surface area contributed by atoms with Gasteiger partial charge in [-0.05, 0) is 51.2 Å². The predicted molar refractivity (Wildman–Crippen MR) is 105 cm³/mol. The second-order valence-corrected chi connectivity index (χ2v) is 6.86. The van der Waals surface area contributed by atoms with Gasteiger partial charge in [0.2, 0.25) is 0 Å². The summed E-state index contributed by atoms with van der Waals surface area (Å²) in [5.41, 5.74) is 1.31. The molecule has 3 N–H and O–H groups in total. The molecule has 0 aliphatic heterocycles. The molecule has 6 nitrogen and oxygen atoms in total. The SMILES string of the molecule is CCNC(=NCc1cccc(CN(C)C)c1)NCC(C)(O)c1ccco1. The van der Waals surface area contributed by atoms with Gasteiger partial charge in [-0.25, -0.2) is 4.99 Å². The monoisotopic (exact) mass is 358 g/mol. The molecule has 0 saturated heterocycles. The lowest BCUT2D eigenvalue weighted by molar-refractivity contribution is 0.0386. The van der Waals surface area contributed by atoms with E-state index in [1.807, 2.05) is 6.92 Å². The van der Waals surface area contributed by atoms with Crippen molar-refractivity contribution in [3.8, 4) is 0 Å². The molecule has 0 aliphatic carbocycles. The highest BCUT2D eigenvalue weighted by molar-refractivity contribution is 5.79. The minimum absolute atomic E-state index is 0.299.